The van der Waals surface area contributed by atoms with Crippen molar-refractivity contribution in [1.82, 2.24) is 10.6 Å². The molecule has 30 heavy (non-hydrogen) atoms. The van der Waals surface area contributed by atoms with Gasteiger partial charge in [0.15, 0.2) is 5.96 Å². The van der Waals surface area contributed by atoms with Crippen LogP contribution in [0.2, 0.25) is 0 Å². The number of nitrogens with one attached hydrogen (secondary N) is 2. The summed E-state index contributed by atoms with van der Waals surface area (Å²) in [6, 6.07) is 8.07. The Labute approximate surface area is 180 Å². The number of ether oxygens (including phenoxy) is 2. The molecule has 1 spiro atoms. The predicted octanol–water partition coefficient (Wildman–Crippen LogP) is 3.41. The molecule has 0 bridgehead atoms. The van der Waals surface area contributed by atoms with Crippen LogP contribution in [-0.4, -0.2) is 49.0 Å². The minimum absolute atomic E-state index is 0.138. The Morgan fingerprint density at radius 2 is 2.00 bits per heavy atom. The molecule has 1 aromatic rings. The highest BCUT2D eigenvalue weighted by Crippen LogP contribution is 2.60. The van der Waals surface area contributed by atoms with Crippen molar-refractivity contribution in [3.05, 3.63) is 29.8 Å². The van der Waals surface area contributed by atoms with Crippen LogP contribution in [0.1, 0.15) is 64.5 Å². The molecule has 1 heterocycles. The minimum atomic E-state index is -0.641. The first-order valence-corrected chi connectivity index (χ1v) is 11.6. The minimum Gasteiger partial charge on any atom is -0.491 e. The fourth-order valence-electron chi connectivity index (χ4n) is 5.70. The average Bonchev–Trinajstić information content (AvgIpc) is 3.39. The molecule has 4 rings (SSSR count). The summed E-state index contributed by atoms with van der Waals surface area (Å²) in [5, 5.41) is 17.7. The molecule has 2 aliphatic carbocycles. The molecule has 3 fully saturated rings. The SMILES string of the molecule is CCNC(=NCC(O)c1ccc(OC(C)C)cc1)NC1C2CCOC2C12CCCC2. The average molecular weight is 416 g/mol. The van der Waals surface area contributed by atoms with Crippen LogP contribution < -0.4 is 15.4 Å². The fraction of sp³-hybridized carbons (Fsp3) is 0.708. The number of guanidine groups is 1. The molecule has 4 unspecified atom stereocenters. The summed E-state index contributed by atoms with van der Waals surface area (Å²) in [5.74, 6) is 2.21. The van der Waals surface area contributed by atoms with Crippen LogP contribution in [0.5, 0.6) is 5.75 Å². The predicted molar refractivity (Wildman–Crippen MR) is 119 cm³/mol. The maximum atomic E-state index is 10.6. The second-order valence-electron chi connectivity index (χ2n) is 9.28. The summed E-state index contributed by atoms with van der Waals surface area (Å²) >= 11 is 0. The Hall–Kier alpha value is -1.79. The second kappa shape index (κ2) is 9.15. The molecular weight excluding hydrogens is 378 g/mol. The van der Waals surface area contributed by atoms with E-state index in [2.05, 4.69) is 17.6 Å². The maximum absolute atomic E-state index is 10.6. The number of aliphatic hydroxyl groups is 1. The molecule has 1 saturated heterocycles. The zero-order valence-corrected chi connectivity index (χ0v) is 18.6. The Morgan fingerprint density at radius 1 is 1.27 bits per heavy atom. The first-order valence-electron chi connectivity index (χ1n) is 11.6. The number of hydrogen-bond donors (Lipinski definition) is 3. The van der Waals surface area contributed by atoms with Gasteiger partial charge in [-0.25, -0.2) is 0 Å². The fourth-order valence-corrected chi connectivity index (χ4v) is 5.70. The second-order valence-corrected chi connectivity index (χ2v) is 9.28. The molecule has 1 aromatic carbocycles. The third-order valence-electron chi connectivity index (χ3n) is 6.98. The molecule has 0 radical (unpaired) electrons. The van der Waals surface area contributed by atoms with Gasteiger partial charge in [0.1, 0.15) is 5.75 Å². The third kappa shape index (κ3) is 4.17. The molecule has 0 aromatic heterocycles. The number of aliphatic hydroxyl groups excluding tert-OH is 1. The number of aliphatic imine (C=N–C) groups is 1. The van der Waals surface area contributed by atoms with Crippen molar-refractivity contribution in [2.24, 2.45) is 16.3 Å². The number of rotatable bonds is 7. The van der Waals surface area contributed by atoms with E-state index in [1.54, 1.807) is 0 Å². The lowest BCUT2D eigenvalue weighted by Gasteiger charge is -2.57. The normalized spacial score (nSPS) is 28.3. The van der Waals surface area contributed by atoms with Gasteiger partial charge in [-0.2, -0.15) is 0 Å². The molecule has 6 nitrogen and oxygen atoms in total. The number of hydrogen-bond acceptors (Lipinski definition) is 4. The van der Waals surface area contributed by atoms with Crippen LogP contribution >= 0.6 is 0 Å². The highest BCUT2D eigenvalue weighted by atomic mass is 16.5. The van der Waals surface area contributed by atoms with E-state index in [1.165, 1.54) is 25.7 Å². The Balaban J connectivity index is 1.40. The first-order chi connectivity index (χ1) is 14.5. The van der Waals surface area contributed by atoms with Crippen molar-refractivity contribution < 1.29 is 14.6 Å². The molecule has 3 aliphatic rings. The van der Waals surface area contributed by atoms with Crippen molar-refractivity contribution in [2.75, 3.05) is 19.7 Å². The van der Waals surface area contributed by atoms with Gasteiger partial charge in [0.05, 0.1) is 24.9 Å². The maximum Gasteiger partial charge on any atom is 0.191 e. The first kappa shape index (κ1) is 21.4. The summed E-state index contributed by atoms with van der Waals surface area (Å²) < 4.78 is 11.8. The quantitative estimate of drug-likeness (QED) is 0.470. The van der Waals surface area contributed by atoms with Gasteiger partial charge in [0.2, 0.25) is 0 Å². The molecule has 4 atom stereocenters. The standard InChI is InChI=1S/C24H37N3O3/c1-4-25-23(26-15-20(28)17-7-9-18(10-8-17)30-16(2)3)27-21-19-11-14-29-22(19)24(21)12-5-6-13-24/h7-10,16,19-22,28H,4-6,11-15H2,1-3H3,(H2,25,26,27). The highest BCUT2D eigenvalue weighted by molar-refractivity contribution is 5.80. The van der Waals surface area contributed by atoms with E-state index in [9.17, 15) is 5.11 Å². The third-order valence-corrected chi connectivity index (χ3v) is 6.98. The van der Waals surface area contributed by atoms with Gasteiger partial charge in [-0.05, 0) is 57.7 Å². The largest absolute Gasteiger partial charge is 0.491 e. The molecule has 0 amide bonds. The van der Waals surface area contributed by atoms with E-state index >= 15 is 0 Å². The van der Waals surface area contributed by atoms with Gasteiger partial charge in [0.25, 0.3) is 0 Å². The van der Waals surface area contributed by atoms with Crippen LogP contribution in [0, 0.1) is 11.3 Å². The van der Waals surface area contributed by atoms with Crippen LogP contribution in [-0.2, 0) is 4.74 Å². The van der Waals surface area contributed by atoms with E-state index in [1.807, 2.05) is 38.1 Å². The summed E-state index contributed by atoms with van der Waals surface area (Å²) in [4.78, 5) is 4.72. The van der Waals surface area contributed by atoms with Gasteiger partial charge in [0, 0.05) is 30.5 Å². The van der Waals surface area contributed by atoms with Crippen LogP contribution in [0.25, 0.3) is 0 Å². The molecule has 3 N–H and O–H groups in total. The topological polar surface area (TPSA) is 75.1 Å². The molecule has 166 valence electrons. The lowest BCUT2D eigenvalue weighted by molar-refractivity contribution is -0.125. The van der Waals surface area contributed by atoms with Gasteiger partial charge >= 0.3 is 0 Å². The number of benzene rings is 1. The Kier molecular flexibility index (Phi) is 6.54. The van der Waals surface area contributed by atoms with Crippen molar-refractivity contribution in [3.63, 3.8) is 0 Å². The zero-order chi connectivity index (χ0) is 21.1. The summed E-state index contributed by atoms with van der Waals surface area (Å²) in [7, 11) is 0. The molecule has 6 heteroatoms. The summed E-state index contributed by atoms with van der Waals surface area (Å²) in [6.45, 7) is 8.10. The molecule has 2 saturated carbocycles. The summed E-state index contributed by atoms with van der Waals surface area (Å²) in [6.07, 6.45) is 6.16. The number of nitrogens with zero attached hydrogens (tertiary/aromatic N) is 1. The lowest BCUT2D eigenvalue weighted by Crippen LogP contribution is -2.69. The van der Waals surface area contributed by atoms with Crippen LogP contribution in [0.15, 0.2) is 29.3 Å². The van der Waals surface area contributed by atoms with E-state index < -0.39 is 6.10 Å². The van der Waals surface area contributed by atoms with Crippen molar-refractivity contribution in [2.45, 2.75) is 77.2 Å². The number of fused-ring (bicyclic) bond motifs is 2. The van der Waals surface area contributed by atoms with E-state index in [0.29, 0.717) is 24.6 Å². The van der Waals surface area contributed by atoms with Gasteiger partial charge in [-0.1, -0.05) is 25.0 Å². The Bertz CT molecular complexity index is 728. The van der Waals surface area contributed by atoms with Crippen molar-refractivity contribution in [1.29, 1.82) is 0 Å². The van der Waals surface area contributed by atoms with Crippen molar-refractivity contribution >= 4 is 5.96 Å². The highest BCUT2D eigenvalue weighted by Gasteiger charge is 2.65. The smallest absolute Gasteiger partial charge is 0.191 e. The van der Waals surface area contributed by atoms with Gasteiger partial charge in [-0.3, -0.25) is 4.99 Å². The van der Waals surface area contributed by atoms with E-state index in [0.717, 1.165) is 36.8 Å². The van der Waals surface area contributed by atoms with E-state index in [4.69, 9.17) is 14.5 Å². The molecular formula is C24H37N3O3. The molecule has 1 aliphatic heterocycles. The lowest BCUT2D eigenvalue weighted by atomic mass is 9.54. The monoisotopic (exact) mass is 415 g/mol. The van der Waals surface area contributed by atoms with E-state index in [-0.39, 0.29) is 11.5 Å². The van der Waals surface area contributed by atoms with Gasteiger partial charge < -0.3 is 25.2 Å². The van der Waals surface area contributed by atoms with Gasteiger partial charge in [-0.15, -0.1) is 0 Å². The van der Waals surface area contributed by atoms with Crippen molar-refractivity contribution in [3.8, 4) is 5.75 Å². The van der Waals surface area contributed by atoms with Crippen LogP contribution in [0.4, 0.5) is 0 Å². The summed E-state index contributed by atoms with van der Waals surface area (Å²) in [5.41, 5.74) is 1.13. The Morgan fingerprint density at radius 3 is 2.67 bits per heavy atom. The zero-order valence-electron chi connectivity index (χ0n) is 18.6. The van der Waals surface area contributed by atoms with Crippen LogP contribution in [0.3, 0.4) is 0 Å².